The second kappa shape index (κ2) is 14.0. The Morgan fingerprint density at radius 1 is 1.29 bits per heavy atom. The first kappa shape index (κ1) is 24.3. The third-order valence-corrected chi connectivity index (χ3v) is 1.59. The Bertz CT molecular complexity index is 169. The van der Waals surface area contributed by atoms with Crippen LogP contribution in [0.3, 0.4) is 0 Å². The fourth-order valence-corrected chi connectivity index (χ4v) is 0.966. The minimum atomic E-state index is 0. The van der Waals surface area contributed by atoms with E-state index in [-0.39, 0.29) is 58.9 Å². The second-order valence-electron chi connectivity index (χ2n) is 2.86. The molecule has 0 aliphatic heterocycles. The predicted octanol–water partition coefficient (Wildman–Crippen LogP) is 2.89. The number of hydrogen-bond acceptors (Lipinski definition) is 1. The molecule has 14 heavy (non-hydrogen) atoms. The molecule has 5 heteroatoms. The molecule has 0 heterocycles. The molecule has 1 rings (SSSR count). The van der Waals surface area contributed by atoms with Crippen molar-refractivity contribution in [3.63, 3.8) is 0 Å². The summed E-state index contributed by atoms with van der Waals surface area (Å²) in [5, 5.41) is 0. The Balaban J connectivity index is -0.000000125. The van der Waals surface area contributed by atoms with Gasteiger partial charge in [0.2, 0.25) is 0 Å². The number of nitrogens with zero attached hydrogens (tertiary/aromatic N) is 1. The van der Waals surface area contributed by atoms with Gasteiger partial charge in [0.15, 0.2) is 0 Å². The van der Waals surface area contributed by atoms with Crippen LogP contribution < -0.4 is 0 Å². The van der Waals surface area contributed by atoms with Gasteiger partial charge >= 0.3 is 0 Å². The van der Waals surface area contributed by atoms with Crippen LogP contribution in [-0.2, 0) is 21.7 Å². The van der Waals surface area contributed by atoms with E-state index in [0.29, 0.717) is 0 Å². The zero-order valence-electron chi connectivity index (χ0n) is 8.45. The zero-order valence-corrected chi connectivity index (χ0v) is 12.5. The van der Waals surface area contributed by atoms with E-state index in [1.807, 2.05) is 0 Å². The summed E-state index contributed by atoms with van der Waals surface area (Å²) >= 11 is 0. The van der Waals surface area contributed by atoms with E-state index >= 15 is 0 Å². The molecule has 0 aromatic heterocycles. The van der Waals surface area contributed by atoms with Gasteiger partial charge in [0.05, 0.1) is 0 Å². The van der Waals surface area contributed by atoms with Crippen LogP contribution in [0, 0.1) is 6.08 Å². The van der Waals surface area contributed by atoms with Crippen LogP contribution in [0.4, 0.5) is 0 Å². The standard InChI is InChI=1S/C9H14N.3ClH.Ti/c1-10(2)8-7-9-5-3-4-6-9;;;;/h3,5H,4,7-8H2,1-2H3;3*1H;/q-1;;;;. The average Bonchev–Trinajstić information content (AvgIpc) is 2.34. The number of halogens is 3. The fraction of sp³-hybridized carbons (Fsp3) is 0.556. The van der Waals surface area contributed by atoms with Crippen molar-refractivity contribution in [1.29, 1.82) is 0 Å². The molecule has 0 atom stereocenters. The SMILES string of the molecule is CN(C)CCC1=[C-]CC=C1.Cl.Cl.Cl.[Ti]. The second-order valence-corrected chi connectivity index (χ2v) is 2.86. The molecular formula is C9H17Cl3NTi-. The Morgan fingerprint density at radius 2 is 1.86 bits per heavy atom. The fourth-order valence-electron chi connectivity index (χ4n) is 0.966. The van der Waals surface area contributed by atoms with Gasteiger partial charge < -0.3 is 4.90 Å². The van der Waals surface area contributed by atoms with E-state index in [0.717, 1.165) is 19.4 Å². The summed E-state index contributed by atoms with van der Waals surface area (Å²) in [6.07, 6.45) is 9.78. The summed E-state index contributed by atoms with van der Waals surface area (Å²) in [6.45, 7) is 1.13. The summed E-state index contributed by atoms with van der Waals surface area (Å²) in [7, 11) is 4.19. The van der Waals surface area contributed by atoms with E-state index in [9.17, 15) is 0 Å². The molecule has 0 unspecified atom stereocenters. The third-order valence-electron chi connectivity index (χ3n) is 1.59. The van der Waals surface area contributed by atoms with E-state index in [1.54, 1.807) is 0 Å². The van der Waals surface area contributed by atoms with Gasteiger partial charge in [-0.25, -0.2) is 11.6 Å². The van der Waals surface area contributed by atoms with Crippen molar-refractivity contribution >= 4 is 37.2 Å². The summed E-state index contributed by atoms with van der Waals surface area (Å²) in [4.78, 5) is 2.20. The molecular weight excluding hydrogens is 276 g/mol. The van der Waals surface area contributed by atoms with Crippen LogP contribution in [0.1, 0.15) is 12.8 Å². The van der Waals surface area contributed by atoms with E-state index in [2.05, 4.69) is 37.2 Å². The normalized spacial score (nSPS) is 11.8. The van der Waals surface area contributed by atoms with Crippen molar-refractivity contribution in [1.82, 2.24) is 4.90 Å². The molecule has 0 bridgehead atoms. The summed E-state index contributed by atoms with van der Waals surface area (Å²) in [5.41, 5.74) is 1.37. The van der Waals surface area contributed by atoms with Gasteiger partial charge in [0.1, 0.15) is 0 Å². The first-order valence-electron chi connectivity index (χ1n) is 3.70. The number of allylic oxidation sites excluding steroid dienone is 3. The van der Waals surface area contributed by atoms with Crippen molar-refractivity contribution in [2.24, 2.45) is 0 Å². The van der Waals surface area contributed by atoms with E-state index in [1.165, 1.54) is 5.57 Å². The van der Waals surface area contributed by atoms with Crippen LogP contribution in [0.2, 0.25) is 0 Å². The molecule has 84 valence electrons. The molecule has 0 amide bonds. The smallest absolute Gasteiger partial charge is 0 e. The zero-order chi connectivity index (χ0) is 7.40. The van der Waals surface area contributed by atoms with E-state index in [4.69, 9.17) is 0 Å². The van der Waals surface area contributed by atoms with Crippen LogP contribution in [0.25, 0.3) is 0 Å². The quantitative estimate of drug-likeness (QED) is 0.571. The Kier molecular flexibility index (Phi) is 24.4. The summed E-state index contributed by atoms with van der Waals surface area (Å²) < 4.78 is 0. The van der Waals surface area contributed by atoms with Gasteiger partial charge in [0.25, 0.3) is 0 Å². The maximum atomic E-state index is 3.29. The summed E-state index contributed by atoms with van der Waals surface area (Å²) in [5.74, 6) is 0. The van der Waals surface area contributed by atoms with Crippen molar-refractivity contribution in [3.8, 4) is 0 Å². The Morgan fingerprint density at radius 3 is 2.21 bits per heavy atom. The molecule has 0 saturated carbocycles. The number of hydrogen-bond donors (Lipinski definition) is 0. The molecule has 0 spiro atoms. The number of rotatable bonds is 3. The average molecular weight is 293 g/mol. The third kappa shape index (κ3) is 11.1. The predicted molar refractivity (Wildman–Crippen MR) is 65.4 cm³/mol. The topological polar surface area (TPSA) is 3.24 Å². The maximum absolute atomic E-state index is 3.29. The first-order chi connectivity index (χ1) is 4.79. The summed E-state index contributed by atoms with van der Waals surface area (Å²) in [6, 6.07) is 0. The Labute approximate surface area is 120 Å². The van der Waals surface area contributed by atoms with Gasteiger partial charge in [-0.05, 0) is 27.1 Å². The molecule has 0 aromatic rings. The van der Waals surface area contributed by atoms with Gasteiger partial charge in [-0.1, -0.05) is 0 Å². The van der Waals surface area contributed by atoms with Crippen molar-refractivity contribution < 1.29 is 21.7 Å². The molecule has 0 saturated heterocycles. The van der Waals surface area contributed by atoms with Crippen molar-refractivity contribution in [2.45, 2.75) is 12.8 Å². The van der Waals surface area contributed by atoms with Crippen LogP contribution in [-0.4, -0.2) is 25.5 Å². The minimum absolute atomic E-state index is 0. The van der Waals surface area contributed by atoms with Gasteiger partial charge in [-0.2, -0.15) is 6.08 Å². The van der Waals surface area contributed by atoms with Gasteiger partial charge in [0, 0.05) is 21.7 Å². The van der Waals surface area contributed by atoms with Crippen LogP contribution in [0.5, 0.6) is 0 Å². The first-order valence-corrected chi connectivity index (χ1v) is 3.70. The molecule has 0 radical (unpaired) electrons. The molecule has 1 aliphatic carbocycles. The monoisotopic (exact) mass is 292 g/mol. The van der Waals surface area contributed by atoms with Crippen molar-refractivity contribution in [3.05, 3.63) is 23.8 Å². The van der Waals surface area contributed by atoms with Gasteiger partial charge in [-0.15, -0.1) is 43.6 Å². The minimum Gasteiger partial charge on any atom is -0.309 e. The Hall–Kier alpha value is 1.02. The molecule has 1 nitrogen and oxygen atoms in total. The molecule has 0 aromatic carbocycles. The van der Waals surface area contributed by atoms with Crippen molar-refractivity contribution in [2.75, 3.05) is 20.6 Å². The van der Waals surface area contributed by atoms with Crippen LogP contribution in [0.15, 0.2) is 17.7 Å². The molecule has 0 N–H and O–H groups in total. The largest absolute Gasteiger partial charge is 0.309 e. The maximum Gasteiger partial charge on any atom is 0 e. The molecule has 1 aliphatic rings. The van der Waals surface area contributed by atoms with Crippen LogP contribution >= 0.6 is 37.2 Å². The molecule has 0 fully saturated rings. The van der Waals surface area contributed by atoms with Gasteiger partial charge in [-0.3, -0.25) is 6.08 Å². The van der Waals surface area contributed by atoms with E-state index < -0.39 is 0 Å².